The van der Waals surface area contributed by atoms with Gasteiger partial charge in [-0.25, -0.2) is 17.9 Å². The molecule has 1 aromatic carbocycles. The molecule has 30 heavy (non-hydrogen) atoms. The lowest BCUT2D eigenvalue weighted by molar-refractivity contribution is 0.549. The van der Waals surface area contributed by atoms with E-state index in [1.165, 1.54) is 29.5 Å². The third-order valence-electron chi connectivity index (χ3n) is 4.72. The Labute approximate surface area is 175 Å². The van der Waals surface area contributed by atoms with E-state index in [1.807, 2.05) is 29.8 Å². The molecule has 3 aromatic heterocycles. The molecule has 0 spiro atoms. The Morgan fingerprint density at radius 2 is 2.00 bits per heavy atom. The second-order valence-corrected chi connectivity index (χ2v) is 9.32. The Kier molecular flexibility index (Phi) is 5.37. The lowest BCUT2D eigenvalue weighted by Gasteiger charge is -2.20. The number of pyridine rings is 1. The number of fused-ring (bicyclic) bond motifs is 1. The van der Waals surface area contributed by atoms with Gasteiger partial charge >= 0.3 is 5.69 Å². The minimum Gasteiger partial charge on any atom is -0.307 e. The zero-order valence-corrected chi connectivity index (χ0v) is 17.5. The SMILES string of the molecule is Cc1cccnc1[C@H](Cc1ccsc1)NS(=O)(=O)c1ccc2[nH]c(=O)[nH]c(=O)c2c1. The summed E-state index contributed by atoms with van der Waals surface area (Å²) in [7, 11) is -3.98. The van der Waals surface area contributed by atoms with Gasteiger partial charge in [-0.15, -0.1) is 0 Å². The first-order chi connectivity index (χ1) is 14.3. The molecule has 0 aliphatic heterocycles. The van der Waals surface area contributed by atoms with Crippen LogP contribution in [0, 0.1) is 6.92 Å². The van der Waals surface area contributed by atoms with Crippen molar-refractivity contribution in [3.63, 3.8) is 0 Å². The second-order valence-electron chi connectivity index (χ2n) is 6.83. The van der Waals surface area contributed by atoms with Gasteiger partial charge in [0.2, 0.25) is 10.0 Å². The van der Waals surface area contributed by atoms with Crippen LogP contribution in [-0.4, -0.2) is 23.4 Å². The molecule has 0 radical (unpaired) electrons. The van der Waals surface area contributed by atoms with Gasteiger partial charge in [-0.2, -0.15) is 11.3 Å². The van der Waals surface area contributed by atoms with Crippen LogP contribution in [0.3, 0.4) is 0 Å². The van der Waals surface area contributed by atoms with Crippen LogP contribution in [0.2, 0.25) is 0 Å². The van der Waals surface area contributed by atoms with Crippen molar-refractivity contribution in [2.24, 2.45) is 0 Å². The number of hydrogen-bond donors (Lipinski definition) is 3. The number of aromatic nitrogens is 3. The molecular formula is C20H18N4O4S2. The third kappa shape index (κ3) is 4.11. The zero-order valence-electron chi connectivity index (χ0n) is 15.9. The molecule has 10 heteroatoms. The predicted octanol–water partition coefficient (Wildman–Crippen LogP) is 2.24. The normalized spacial score (nSPS) is 12.8. The minimum absolute atomic E-state index is 0.0727. The molecule has 0 saturated heterocycles. The van der Waals surface area contributed by atoms with Crippen molar-refractivity contribution in [3.05, 3.63) is 91.0 Å². The molecule has 4 aromatic rings. The number of sulfonamides is 1. The monoisotopic (exact) mass is 442 g/mol. The summed E-state index contributed by atoms with van der Waals surface area (Å²) in [4.78, 5) is 32.4. The number of H-pyrrole nitrogens is 2. The van der Waals surface area contributed by atoms with Crippen LogP contribution in [0.5, 0.6) is 0 Å². The Bertz CT molecular complexity index is 1420. The van der Waals surface area contributed by atoms with Crippen LogP contribution >= 0.6 is 11.3 Å². The van der Waals surface area contributed by atoms with Gasteiger partial charge in [0.15, 0.2) is 0 Å². The minimum atomic E-state index is -3.98. The van der Waals surface area contributed by atoms with Crippen molar-refractivity contribution in [2.45, 2.75) is 24.3 Å². The molecule has 0 saturated carbocycles. The number of thiophene rings is 1. The largest absolute Gasteiger partial charge is 0.326 e. The van der Waals surface area contributed by atoms with Gasteiger partial charge in [-0.3, -0.25) is 14.8 Å². The maximum Gasteiger partial charge on any atom is 0.326 e. The van der Waals surface area contributed by atoms with Crippen molar-refractivity contribution < 1.29 is 8.42 Å². The molecule has 0 amide bonds. The Hall–Kier alpha value is -3.08. The molecule has 8 nitrogen and oxygen atoms in total. The number of nitrogens with one attached hydrogen (secondary N) is 3. The lowest BCUT2D eigenvalue weighted by Crippen LogP contribution is -2.31. The van der Waals surface area contributed by atoms with E-state index in [9.17, 15) is 18.0 Å². The van der Waals surface area contributed by atoms with E-state index in [0.29, 0.717) is 12.1 Å². The molecular weight excluding hydrogens is 424 g/mol. The summed E-state index contributed by atoms with van der Waals surface area (Å²) in [5.74, 6) is 0. The summed E-state index contributed by atoms with van der Waals surface area (Å²) in [6.07, 6.45) is 2.06. The number of nitrogens with zero attached hydrogens (tertiary/aromatic N) is 1. The van der Waals surface area contributed by atoms with E-state index < -0.39 is 27.3 Å². The first-order valence-electron chi connectivity index (χ1n) is 9.05. The fourth-order valence-corrected chi connectivity index (χ4v) is 5.18. The summed E-state index contributed by atoms with van der Waals surface area (Å²) in [6.45, 7) is 1.88. The number of hydrogen-bond acceptors (Lipinski definition) is 6. The summed E-state index contributed by atoms with van der Waals surface area (Å²) in [6, 6.07) is 9.03. The van der Waals surface area contributed by atoms with Crippen molar-refractivity contribution in [3.8, 4) is 0 Å². The Balaban J connectivity index is 1.75. The first kappa shape index (κ1) is 20.2. The highest BCUT2D eigenvalue weighted by molar-refractivity contribution is 7.89. The van der Waals surface area contributed by atoms with E-state index in [-0.39, 0.29) is 15.8 Å². The highest BCUT2D eigenvalue weighted by atomic mass is 32.2. The molecule has 0 aliphatic rings. The Morgan fingerprint density at radius 1 is 1.17 bits per heavy atom. The molecule has 0 unspecified atom stereocenters. The number of aryl methyl sites for hydroxylation is 1. The average Bonchev–Trinajstić information content (AvgIpc) is 3.20. The second kappa shape index (κ2) is 7.98. The standard InChI is InChI=1S/C20H18N4O4S2/c1-12-3-2-7-21-18(12)17(9-13-6-8-29-11-13)24-30(27,28)14-4-5-16-15(10-14)19(25)23-20(26)22-16/h2-8,10-11,17,24H,9H2,1H3,(H2,22,23,25,26)/t17-/m0/s1. The Morgan fingerprint density at radius 3 is 2.73 bits per heavy atom. The molecule has 1 atom stereocenters. The summed E-state index contributed by atoms with van der Waals surface area (Å²) >= 11 is 1.53. The van der Waals surface area contributed by atoms with Crippen molar-refractivity contribution in [1.82, 2.24) is 19.7 Å². The first-order valence-corrected chi connectivity index (χ1v) is 11.5. The highest BCUT2D eigenvalue weighted by Crippen LogP contribution is 2.24. The molecule has 3 N–H and O–H groups in total. The predicted molar refractivity (Wildman–Crippen MR) is 115 cm³/mol. The van der Waals surface area contributed by atoms with Gasteiger partial charge < -0.3 is 4.98 Å². The summed E-state index contributed by atoms with van der Waals surface area (Å²) < 4.78 is 29.0. The van der Waals surface area contributed by atoms with Gasteiger partial charge in [0.1, 0.15) is 0 Å². The topological polar surface area (TPSA) is 125 Å². The van der Waals surface area contributed by atoms with Gasteiger partial charge in [0.05, 0.1) is 27.5 Å². The van der Waals surface area contributed by atoms with Crippen LogP contribution in [-0.2, 0) is 16.4 Å². The van der Waals surface area contributed by atoms with Gasteiger partial charge in [0, 0.05) is 6.20 Å². The maximum atomic E-state index is 13.2. The number of aromatic amines is 2. The average molecular weight is 443 g/mol. The van der Waals surface area contributed by atoms with Crippen LogP contribution in [0.1, 0.15) is 22.9 Å². The van der Waals surface area contributed by atoms with E-state index in [2.05, 4.69) is 19.7 Å². The third-order valence-corrected chi connectivity index (χ3v) is 6.92. The molecule has 154 valence electrons. The van der Waals surface area contributed by atoms with E-state index in [4.69, 9.17) is 0 Å². The van der Waals surface area contributed by atoms with E-state index in [1.54, 1.807) is 12.3 Å². The molecule has 0 aliphatic carbocycles. The maximum absolute atomic E-state index is 13.2. The number of benzene rings is 1. The van der Waals surface area contributed by atoms with Gasteiger partial charge in [-0.1, -0.05) is 6.07 Å². The van der Waals surface area contributed by atoms with E-state index in [0.717, 1.165) is 11.1 Å². The fourth-order valence-electron chi connectivity index (χ4n) is 3.27. The van der Waals surface area contributed by atoms with Crippen LogP contribution in [0.15, 0.2) is 67.8 Å². The highest BCUT2D eigenvalue weighted by Gasteiger charge is 2.24. The van der Waals surface area contributed by atoms with Gasteiger partial charge in [0.25, 0.3) is 5.56 Å². The fraction of sp³-hybridized carbons (Fsp3) is 0.150. The quantitative estimate of drug-likeness (QED) is 0.422. The zero-order chi connectivity index (χ0) is 21.3. The van der Waals surface area contributed by atoms with Crippen molar-refractivity contribution in [2.75, 3.05) is 0 Å². The molecule has 0 fully saturated rings. The molecule has 0 bridgehead atoms. The van der Waals surface area contributed by atoms with Crippen molar-refractivity contribution in [1.29, 1.82) is 0 Å². The lowest BCUT2D eigenvalue weighted by atomic mass is 10.0. The van der Waals surface area contributed by atoms with Crippen molar-refractivity contribution >= 4 is 32.3 Å². The number of rotatable bonds is 6. The van der Waals surface area contributed by atoms with Crippen LogP contribution in [0.25, 0.3) is 10.9 Å². The smallest absolute Gasteiger partial charge is 0.307 e. The van der Waals surface area contributed by atoms with Gasteiger partial charge in [-0.05, 0) is 65.6 Å². The van der Waals surface area contributed by atoms with E-state index >= 15 is 0 Å². The molecule has 3 heterocycles. The summed E-state index contributed by atoms with van der Waals surface area (Å²) in [5, 5.41) is 3.98. The van der Waals surface area contributed by atoms with Crippen LogP contribution in [0.4, 0.5) is 0 Å². The molecule has 4 rings (SSSR count). The summed E-state index contributed by atoms with van der Waals surface area (Å²) in [5.41, 5.74) is 1.45. The van der Waals surface area contributed by atoms with Crippen LogP contribution < -0.4 is 16.0 Å².